The first kappa shape index (κ1) is 22.3. The van der Waals surface area contributed by atoms with Gasteiger partial charge in [-0.3, -0.25) is 14.2 Å². The van der Waals surface area contributed by atoms with Gasteiger partial charge in [-0.25, -0.2) is 9.78 Å². The Bertz CT molecular complexity index is 1410. The van der Waals surface area contributed by atoms with Gasteiger partial charge in [-0.2, -0.15) is 0 Å². The number of benzene rings is 3. The summed E-state index contributed by atoms with van der Waals surface area (Å²) in [5, 5.41) is 2.70. The number of nitrogens with one attached hydrogen (secondary N) is 1. The number of rotatable bonds is 6. The van der Waals surface area contributed by atoms with Crippen LogP contribution < -0.4 is 10.2 Å². The number of amides is 2. The molecule has 0 saturated carbocycles. The zero-order chi connectivity index (χ0) is 24.4. The fourth-order valence-corrected chi connectivity index (χ4v) is 4.29. The van der Waals surface area contributed by atoms with E-state index in [1.807, 2.05) is 47.9 Å². The molecule has 0 spiro atoms. The van der Waals surface area contributed by atoms with Gasteiger partial charge in [0.25, 0.3) is 5.91 Å². The second-order valence-electron chi connectivity index (χ2n) is 8.35. The monoisotopic (exact) mass is 468 g/mol. The lowest BCUT2D eigenvalue weighted by atomic mass is 10.2. The van der Waals surface area contributed by atoms with Crippen molar-refractivity contribution in [3.63, 3.8) is 0 Å². The molecule has 1 aliphatic heterocycles. The molecule has 0 bridgehead atoms. The van der Waals surface area contributed by atoms with Crippen LogP contribution in [0.5, 0.6) is 0 Å². The summed E-state index contributed by atoms with van der Waals surface area (Å²) in [6.07, 6.45) is 1.41. The molecule has 0 unspecified atom stereocenters. The van der Waals surface area contributed by atoms with Gasteiger partial charge in [0.1, 0.15) is 5.82 Å². The minimum atomic E-state index is -0.600. The van der Waals surface area contributed by atoms with Gasteiger partial charge in [0, 0.05) is 30.0 Å². The highest BCUT2D eigenvalue weighted by Crippen LogP contribution is 2.24. The van der Waals surface area contributed by atoms with Crippen molar-refractivity contribution in [2.24, 2.45) is 0 Å². The molecule has 1 aromatic heterocycles. The number of carbonyl (C=O) groups excluding carboxylic acids is 3. The second-order valence-corrected chi connectivity index (χ2v) is 8.35. The third kappa shape index (κ3) is 4.63. The zero-order valence-corrected chi connectivity index (χ0v) is 19.2. The summed E-state index contributed by atoms with van der Waals surface area (Å²) in [4.78, 5) is 43.0. The smallest absolute Gasteiger partial charge is 0.338 e. The Balaban J connectivity index is 1.21. The molecule has 1 saturated heterocycles. The quantitative estimate of drug-likeness (QED) is 0.427. The van der Waals surface area contributed by atoms with Crippen LogP contribution in [0, 0.1) is 6.92 Å². The number of para-hydroxylation sites is 1. The molecule has 1 aliphatic rings. The molecule has 0 aliphatic carbocycles. The van der Waals surface area contributed by atoms with Gasteiger partial charge in [0.05, 0.1) is 16.6 Å². The Hall–Kier alpha value is -4.46. The summed E-state index contributed by atoms with van der Waals surface area (Å²) in [6, 6.07) is 22.0. The summed E-state index contributed by atoms with van der Waals surface area (Å²) in [5.74, 6) is -0.143. The van der Waals surface area contributed by atoms with E-state index >= 15 is 0 Å². The molecule has 0 atom stereocenters. The highest BCUT2D eigenvalue weighted by molar-refractivity contribution is 5.98. The van der Waals surface area contributed by atoms with Crippen molar-refractivity contribution in [1.29, 1.82) is 0 Å². The van der Waals surface area contributed by atoms with Crippen molar-refractivity contribution in [1.82, 2.24) is 9.55 Å². The van der Waals surface area contributed by atoms with Crippen LogP contribution in [-0.2, 0) is 14.3 Å². The van der Waals surface area contributed by atoms with E-state index in [1.54, 1.807) is 41.3 Å². The summed E-state index contributed by atoms with van der Waals surface area (Å²) in [7, 11) is 0. The van der Waals surface area contributed by atoms with Crippen molar-refractivity contribution < 1.29 is 19.1 Å². The summed E-state index contributed by atoms with van der Waals surface area (Å²) >= 11 is 0. The highest BCUT2D eigenvalue weighted by atomic mass is 16.5. The number of ether oxygens (including phenoxy) is 1. The molecule has 4 aromatic rings. The van der Waals surface area contributed by atoms with E-state index in [1.165, 1.54) is 0 Å². The van der Waals surface area contributed by atoms with Gasteiger partial charge in [0.2, 0.25) is 5.91 Å². The molecule has 1 N–H and O–H groups in total. The first-order chi connectivity index (χ1) is 17.0. The van der Waals surface area contributed by atoms with E-state index in [-0.39, 0.29) is 5.91 Å². The molecule has 5 rings (SSSR count). The van der Waals surface area contributed by atoms with Crippen LogP contribution in [0.3, 0.4) is 0 Å². The molecule has 176 valence electrons. The van der Waals surface area contributed by atoms with E-state index in [0.717, 1.165) is 29.1 Å². The lowest BCUT2D eigenvalue weighted by Crippen LogP contribution is -2.23. The number of carbonyl (C=O) groups is 3. The van der Waals surface area contributed by atoms with Gasteiger partial charge >= 0.3 is 5.97 Å². The van der Waals surface area contributed by atoms with Crippen molar-refractivity contribution in [2.45, 2.75) is 19.8 Å². The fourth-order valence-electron chi connectivity index (χ4n) is 4.29. The van der Waals surface area contributed by atoms with Gasteiger partial charge in [-0.05, 0) is 67.9 Å². The molecule has 2 heterocycles. The van der Waals surface area contributed by atoms with Crippen LogP contribution in [-0.4, -0.2) is 40.5 Å². The number of hydrogen-bond acceptors (Lipinski definition) is 5. The molecular formula is C27H24N4O4. The lowest BCUT2D eigenvalue weighted by Gasteiger charge is -2.16. The maximum atomic E-state index is 12.6. The Labute approximate surface area is 202 Å². The van der Waals surface area contributed by atoms with Crippen molar-refractivity contribution >= 4 is 40.2 Å². The van der Waals surface area contributed by atoms with E-state index in [2.05, 4.69) is 10.3 Å². The molecule has 3 aromatic carbocycles. The van der Waals surface area contributed by atoms with Gasteiger partial charge in [-0.1, -0.05) is 18.2 Å². The topological polar surface area (TPSA) is 93.5 Å². The van der Waals surface area contributed by atoms with E-state index in [9.17, 15) is 14.4 Å². The average Bonchev–Trinajstić information content (AvgIpc) is 3.45. The average molecular weight is 469 g/mol. The second kappa shape index (κ2) is 9.42. The number of aromatic nitrogens is 2. The molecule has 8 heteroatoms. The van der Waals surface area contributed by atoms with Gasteiger partial charge in [-0.15, -0.1) is 0 Å². The summed E-state index contributed by atoms with van der Waals surface area (Å²) in [5.41, 5.74) is 4.22. The maximum Gasteiger partial charge on any atom is 0.338 e. The zero-order valence-electron chi connectivity index (χ0n) is 19.2. The molecule has 2 amide bonds. The predicted molar refractivity (Wildman–Crippen MR) is 133 cm³/mol. The minimum absolute atomic E-state index is 0.105. The maximum absolute atomic E-state index is 12.6. The standard InChI is InChI=1S/C27H24N4O4/c1-18-28-23-16-19(9-14-24(23)31(18)22-6-3-2-4-7-22)27(34)35-17-25(32)29-20-10-12-21(13-11-20)30-15-5-8-26(30)33/h2-4,6-7,9-14,16H,5,8,15,17H2,1H3,(H,29,32). The van der Waals surface area contributed by atoms with Gasteiger partial charge < -0.3 is 15.0 Å². The molecule has 8 nitrogen and oxygen atoms in total. The van der Waals surface area contributed by atoms with Crippen LogP contribution in [0.1, 0.15) is 29.0 Å². The summed E-state index contributed by atoms with van der Waals surface area (Å²) < 4.78 is 7.23. The Morgan fingerprint density at radius 2 is 1.77 bits per heavy atom. The molecule has 1 fully saturated rings. The number of fused-ring (bicyclic) bond motifs is 1. The number of hydrogen-bond donors (Lipinski definition) is 1. The number of nitrogens with zero attached hydrogens (tertiary/aromatic N) is 3. The van der Waals surface area contributed by atoms with Crippen LogP contribution in [0.25, 0.3) is 16.7 Å². The number of esters is 1. The third-order valence-electron chi connectivity index (χ3n) is 5.94. The van der Waals surface area contributed by atoms with E-state index in [4.69, 9.17) is 4.74 Å². The lowest BCUT2D eigenvalue weighted by molar-refractivity contribution is -0.119. The Morgan fingerprint density at radius 1 is 1.00 bits per heavy atom. The first-order valence-electron chi connectivity index (χ1n) is 11.4. The van der Waals surface area contributed by atoms with Crippen molar-refractivity contribution in [3.8, 4) is 5.69 Å². The Kier molecular flexibility index (Phi) is 6.01. The Morgan fingerprint density at radius 3 is 2.49 bits per heavy atom. The van der Waals surface area contributed by atoms with E-state index in [0.29, 0.717) is 29.7 Å². The third-order valence-corrected chi connectivity index (χ3v) is 5.94. The van der Waals surface area contributed by atoms with E-state index < -0.39 is 18.5 Å². The molecule has 0 radical (unpaired) electrons. The fraction of sp³-hybridized carbons (Fsp3) is 0.185. The SMILES string of the molecule is Cc1nc2cc(C(=O)OCC(=O)Nc3ccc(N4CCCC4=O)cc3)ccc2n1-c1ccccc1. The number of imidazole rings is 1. The van der Waals surface area contributed by atoms with Crippen LogP contribution in [0.4, 0.5) is 11.4 Å². The normalized spacial score (nSPS) is 13.3. The van der Waals surface area contributed by atoms with Crippen molar-refractivity contribution in [3.05, 3.63) is 84.2 Å². The first-order valence-corrected chi connectivity index (χ1v) is 11.4. The predicted octanol–water partition coefficient (Wildman–Crippen LogP) is 4.26. The van der Waals surface area contributed by atoms with Crippen LogP contribution in [0.15, 0.2) is 72.8 Å². The van der Waals surface area contributed by atoms with Crippen molar-refractivity contribution in [2.75, 3.05) is 23.4 Å². The van der Waals surface area contributed by atoms with Crippen LogP contribution in [0.2, 0.25) is 0 Å². The molecular weight excluding hydrogens is 444 g/mol. The summed E-state index contributed by atoms with van der Waals surface area (Å²) in [6.45, 7) is 2.20. The van der Waals surface area contributed by atoms with Crippen LogP contribution >= 0.6 is 0 Å². The number of anilines is 2. The van der Waals surface area contributed by atoms with Gasteiger partial charge in [0.15, 0.2) is 6.61 Å². The minimum Gasteiger partial charge on any atom is -0.452 e. The largest absolute Gasteiger partial charge is 0.452 e. The number of aryl methyl sites for hydroxylation is 1. The highest BCUT2D eigenvalue weighted by Gasteiger charge is 2.21. The molecule has 35 heavy (non-hydrogen) atoms.